The van der Waals surface area contributed by atoms with E-state index in [2.05, 4.69) is 5.32 Å². The van der Waals surface area contributed by atoms with Crippen molar-refractivity contribution in [1.82, 2.24) is 5.32 Å². The molecule has 16 heavy (non-hydrogen) atoms. The summed E-state index contributed by atoms with van der Waals surface area (Å²) in [6.45, 7) is 1.56. The molecule has 0 radical (unpaired) electrons. The van der Waals surface area contributed by atoms with Gasteiger partial charge in [0.2, 0.25) is 0 Å². The first-order chi connectivity index (χ1) is 7.78. The molecule has 0 amide bonds. The van der Waals surface area contributed by atoms with Crippen LogP contribution in [0.5, 0.6) is 0 Å². The predicted octanol–water partition coefficient (Wildman–Crippen LogP) is 1.02. The SMILES string of the molecule is OCc1ccc(CNCC2CCC(O)C2)o1. The van der Waals surface area contributed by atoms with Crippen molar-refractivity contribution in [3.05, 3.63) is 23.7 Å². The Labute approximate surface area is 95.3 Å². The van der Waals surface area contributed by atoms with Gasteiger partial charge in [0.15, 0.2) is 0 Å². The van der Waals surface area contributed by atoms with Crippen LogP contribution in [-0.4, -0.2) is 22.9 Å². The zero-order chi connectivity index (χ0) is 11.4. The summed E-state index contributed by atoms with van der Waals surface area (Å²) in [7, 11) is 0. The summed E-state index contributed by atoms with van der Waals surface area (Å²) < 4.78 is 5.36. The normalized spacial score (nSPS) is 25.1. The molecule has 4 heteroatoms. The summed E-state index contributed by atoms with van der Waals surface area (Å²) in [6, 6.07) is 3.67. The van der Waals surface area contributed by atoms with Crippen LogP contribution in [0.4, 0.5) is 0 Å². The fourth-order valence-electron chi connectivity index (χ4n) is 2.24. The van der Waals surface area contributed by atoms with Crippen molar-refractivity contribution >= 4 is 0 Å². The maximum atomic E-state index is 9.38. The second-order valence-electron chi connectivity index (χ2n) is 4.49. The van der Waals surface area contributed by atoms with E-state index < -0.39 is 0 Å². The van der Waals surface area contributed by atoms with Gasteiger partial charge in [0, 0.05) is 0 Å². The Morgan fingerprint density at radius 3 is 2.75 bits per heavy atom. The third kappa shape index (κ3) is 3.07. The molecule has 1 aromatic rings. The quantitative estimate of drug-likeness (QED) is 0.700. The zero-order valence-corrected chi connectivity index (χ0v) is 9.35. The molecule has 0 saturated heterocycles. The maximum absolute atomic E-state index is 9.38. The van der Waals surface area contributed by atoms with Gasteiger partial charge in [-0.25, -0.2) is 0 Å². The van der Waals surface area contributed by atoms with Gasteiger partial charge in [-0.3, -0.25) is 0 Å². The van der Waals surface area contributed by atoms with Gasteiger partial charge in [0.05, 0.1) is 12.6 Å². The van der Waals surface area contributed by atoms with Crippen LogP contribution in [0.15, 0.2) is 16.5 Å². The molecule has 0 aliphatic heterocycles. The van der Waals surface area contributed by atoms with Crippen LogP contribution in [0, 0.1) is 5.92 Å². The Morgan fingerprint density at radius 1 is 1.31 bits per heavy atom. The van der Waals surface area contributed by atoms with Crippen LogP contribution in [0.2, 0.25) is 0 Å². The molecule has 0 bridgehead atoms. The fraction of sp³-hybridized carbons (Fsp3) is 0.667. The Hall–Kier alpha value is -0.840. The lowest BCUT2D eigenvalue weighted by atomic mass is 10.1. The van der Waals surface area contributed by atoms with Crippen molar-refractivity contribution in [1.29, 1.82) is 0 Å². The first-order valence-corrected chi connectivity index (χ1v) is 5.85. The van der Waals surface area contributed by atoms with Crippen LogP contribution in [-0.2, 0) is 13.2 Å². The summed E-state index contributed by atoms with van der Waals surface area (Å²) in [4.78, 5) is 0. The van der Waals surface area contributed by atoms with Gasteiger partial charge >= 0.3 is 0 Å². The van der Waals surface area contributed by atoms with Gasteiger partial charge in [0.1, 0.15) is 18.1 Å². The van der Waals surface area contributed by atoms with E-state index >= 15 is 0 Å². The standard InChI is InChI=1S/C12H19NO3/c14-8-12-4-3-11(16-12)7-13-6-9-1-2-10(15)5-9/h3-4,9-10,13-15H,1-2,5-8H2. The first kappa shape index (κ1) is 11.6. The molecule has 2 atom stereocenters. The van der Waals surface area contributed by atoms with Crippen LogP contribution in [0.1, 0.15) is 30.8 Å². The minimum absolute atomic E-state index is 0.0468. The minimum atomic E-state index is -0.101. The zero-order valence-electron chi connectivity index (χ0n) is 9.35. The molecule has 1 fully saturated rings. The van der Waals surface area contributed by atoms with Gasteiger partial charge in [-0.1, -0.05) is 0 Å². The van der Waals surface area contributed by atoms with E-state index in [1.54, 1.807) is 6.07 Å². The topological polar surface area (TPSA) is 65.6 Å². The van der Waals surface area contributed by atoms with Crippen molar-refractivity contribution in [3.8, 4) is 0 Å². The molecular formula is C12H19NO3. The number of furan rings is 1. The Morgan fingerprint density at radius 2 is 2.12 bits per heavy atom. The molecule has 1 saturated carbocycles. The molecule has 90 valence electrons. The number of aliphatic hydroxyl groups is 2. The molecule has 3 N–H and O–H groups in total. The van der Waals surface area contributed by atoms with E-state index in [-0.39, 0.29) is 12.7 Å². The lowest BCUT2D eigenvalue weighted by molar-refractivity contribution is 0.177. The number of aliphatic hydroxyl groups excluding tert-OH is 2. The summed E-state index contributed by atoms with van der Waals surface area (Å²) >= 11 is 0. The minimum Gasteiger partial charge on any atom is -0.462 e. The summed E-state index contributed by atoms with van der Waals surface area (Å²) in [5, 5.41) is 21.5. The number of hydrogen-bond donors (Lipinski definition) is 3. The monoisotopic (exact) mass is 225 g/mol. The molecule has 2 rings (SSSR count). The van der Waals surface area contributed by atoms with E-state index in [0.29, 0.717) is 18.2 Å². The molecule has 0 spiro atoms. The second-order valence-corrected chi connectivity index (χ2v) is 4.49. The van der Waals surface area contributed by atoms with Crippen LogP contribution in [0.25, 0.3) is 0 Å². The van der Waals surface area contributed by atoms with Gasteiger partial charge in [0.25, 0.3) is 0 Å². The Kier molecular flexibility index (Phi) is 3.98. The van der Waals surface area contributed by atoms with E-state index in [0.717, 1.165) is 31.6 Å². The molecular weight excluding hydrogens is 206 g/mol. The second kappa shape index (κ2) is 5.48. The maximum Gasteiger partial charge on any atom is 0.129 e. The highest BCUT2D eigenvalue weighted by molar-refractivity contribution is 5.06. The van der Waals surface area contributed by atoms with E-state index in [4.69, 9.17) is 9.52 Å². The van der Waals surface area contributed by atoms with E-state index in [1.807, 2.05) is 6.07 Å². The van der Waals surface area contributed by atoms with Crippen molar-refractivity contribution in [3.63, 3.8) is 0 Å². The van der Waals surface area contributed by atoms with Gasteiger partial charge < -0.3 is 19.9 Å². The molecule has 1 aliphatic rings. The summed E-state index contributed by atoms with van der Waals surface area (Å²) in [5.41, 5.74) is 0. The number of nitrogens with one attached hydrogen (secondary N) is 1. The van der Waals surface area contributed by atoms with Crippen LogP contribution < -0.4 is 5.32 Å². The third-order valence-corrected chi connectivity index (χ3v) is 3.12. The van der Waals surface area contributed by atoms with E-state index in [1.165, 1.54) is 0 Å². The van der Waals surface area contributed by atoms with Gasteiger partial charge in [-0.05, 0) is 43.9 Å². The highest BCUT2D eigenvalue weighted by Gasteiger charge is 2.22. The van der Waals surface area contributed by atoms with Crippen molar-refractivity contribution in [2.24, 2.45) is 5.92 Å². The Balaban J connectivity index is 1.67. The average Bonchev–Trinajstić information content (AvgIpc) is 2.88. The lowest BCUT2D eigenvalue weighted by Gasteiger charge is -2.09. The third-order valence-electron chi connectivity index (χ3n) is 3.12. The highest BCUT2D eigenvalue weighted by atomic mass is 16.4. The van der Waals surface area contributed by atoms with Crippen molar-refractivity contribution in [2.75, 3.05) is 6.54 Å². The predicted molar refractivity (Wildman–Crippen MR) is 59.7 cm³/mol. The van der Waals surface area contributed by atoms with Crippen LogP contribution in [0.3, 0.4) is 0 Å². The molecule has 1 aliphatic carbocycles. The fourth-order valence-corrected chi connectivity index (χ4v) is 2.24. The van der Waals surface area contributed by atoms with Crippen molar-refractivity contribution < 1.29 is 14.6 Å². The molecule has 2 unspecified atom stereocenters. The van der Waals surface area contributed by atoms with Crippen molar-refractivity contribution in [2.45, 2.75) is 38.5 Å². The average molecular weight is 225 g/mol. The molecule has 0 aromatic carbocycles. The van der Waals surface area contributed by atoms with Gasteiger partial charge in [-0.2, -0.15) is 0 Å². The molecule has 1 heterocycles. The van der Waals surface area contributed by atoms with Gasteiger partial charge in [-0.15, -0.1) is 0 Å². The smallest absolute Gasteiger partial charge is 0.129 e. The number of rotatable bonds is 5. The largest absolute Gasteiger partial charge is 0.462 e. The first-order valence-electron chi connectivity index (χ1n) is 5.85. The highest BCUT2D eigenvalue weighted by Crippen LogP contribution is 2.24. The van der Waals surface area contributed by atoms with E-state index in [9.17, 15) is 5.11 Å². The lowest BCUT2D eigenvalue weighted by Crippen LogP contribution is -2.21. The summed E-state index contributed by atoms with van der Waals surface area (Å²) in [5.74, 6) is 2.04. The summed E-state index contributed by atoms with van der Waals surface area (Å²) in [6.07, 6.45) is 2.85. The van der Waals surface area contributed by atoms with Crippen LogP contribution >= 0.6 is 0 Å². The Bertz CT molecular complexity index is 324. The number of hydrogen-bond acceptors (Lipinski definition) is 4. The molecule has 1 aromatic heterocycles. The molecule has 4 nitrogen and oxygen atoms in total.